The average molecular weight is 317 g/mol. The van der Waals surface area contributed by atoms with Gasteiger partial charge in [0, 0.05) is 0 Å². The third-order valence-corrected chi connectivity index (χ3v) is 2.08. The first-order chi connectivity index (χ1) is 5.86. The van der Waals surface area contributed by atoms with Crippen LogP contribution in [-0.4, -0.2) is 0 Å². The van der Waals surface area contributed by atoms with Crippen LogP contribution < -0.4 is 24.8 Å². The van der Waals surface area contributed by atoms with Gasteiger partial charge in [0.1, 0.15) is 0 Å². The van der Waals surface area contributed by atoms with Crippen molar-refractivity contribution in [2.45, 2.75) is 12.8 Å². The minimum absolute atomic E-state index is 0. The summed E-state index contributed by atoms with van der Waals surface area (Å²) >= 11 is 0. The van der Waals surface area contributed by atoms with E-state index in [0.29, 0.717) is 5.92 Å². The van der Waals surface area contributed by atoms with Gasteiger partial charge in [-0.15, -0.1) is 6.92 Å². The van der Waals surface area contributed by atoms with Crippen molar-refractivity contribution < 1.29 is 51.0 Å². The summed E-state index contributed by atoms with van der Waals surface area (Å²) in [5.74, 6) is 0.381. The molecule has 1 aromatic carbocycles. The third kappa shape index (κ3) is 4.68. The second kappa shape index (κ2) is 8.33. The van der Waals surface area contributed by atoms with Crippen LogP contribution in [0.4, 0.5) is 0 Å². The van der Waals surface area contributed by atoms with Gasteiger partial charge < -0.3 is 24.8 Å². The molecule has 1 aliphatic carbocycles. The second-order valence-corrected chi connectivity index (χ2v) is 3.11. The Kier molecular flexibility index (Phi) is 9.75. The minimum atomic E-state index is 0. The van der Waals surface area contributed by atoms with E-state index in [9.17, 15) is 0 Å². The molecule has 1 radical (unpaired) electrons. The molecule has 15 heavy (non-hydrogen) atoms. The van der Waals surface area contributed by atoms with Crippen LogP contribution in [0, 0.1) is 6.08 Å². The number of hydrogen-bond acceptors (Lipinski definition) is 0. The van der Waals surface area contributed by atoms with Crippen molar-refractivity contribution in [2.75, 3.05) is 0 Å². The predicted molar refractivity (Wildman–Crippen MR) is 50.8 cm³/mol. The van der Waals surface area contributed by atoms with Gasteiger partial charge in [0.05, 0.1) is 0 Å². The van der Waals surface area contributed by atoms with Gasteiger partial charge in [-0.1, -0.05) is 41.8 Å². The fourth-order valence-electron chi connectivity index (χ4n) is 1.43. The second-order valence-electron chi connectivity index (χ2n) is 3.11. The largest absolute Gasteiger partial charge is 3.00 e. The van der Waals surface area contributed by atoms with E-state index in [0.717, 1.165) is 0 Å². The molecule has 77 valence electrons. The molecule has 0 amide bonds. The molecule has 1 atom stereocenters. The standard InChI is InChI=1S/C12H11.2ClH.Zr/c1-10-7-8-12(9-10)11-5-3-2-4-6-11;;;/h2-7,9,12H,1H3;2*1H;/q-1;;;+3/p-2. The van der Waals surface area contributed by atoms with Crippen LogP contribution in [0.15, 0.2) is 48.1 Å². The molecule has 0 aliphatic heterocycles. The van der Waals surface area contributed by atoms with Gasteiger partial charge in [-0.2, -0.15) is 6.08 Å². The maximum absolute atomic E-state index is 3.31. The maximum Gasteiger partial charge on any atom is 3.00 e. The van der Waals surface area contributed by atoms with Crippen LogP contribution in [0.3, 0.4) is 0 Å². The quantitative estimate of drug-likeness (QED) is 0.488. The Morgan fingerprint density at radius 2 is 1.67 bits per heavy atom. The first kappa shape index (κ1) is 17.6. The van der Waals surface area contributed by atoms with Gasteiger partial charge in [0.15, 0.2) is 0 Å². The Hall–Kier alpha value is 0.163. The summed E-state index contributed by atoms with van der Waals surface area (Å²) in [5, 5.41) is 0. The zero-order chi connectivity index (χ0) is 8.39. The molecule has 0 fully saturated rings. The van der Waals surface area contributed by atoms with E-state index >= 15 is 0 Å². The van der Waals surface area contributed by atoms with Crippen LogP contribution >= 0.6 is 0 Å². The Morgan fingerprint density at radius 1 is 1.07 bits per heavy atom. The molecular formula is C12H11Cl2Zr. The van der Waals surface area contributed by atoms with Crippen molar-refractivity contribution in [2.24, 2.45) is 0 Å². The Morgan fingerprint density at radius 3 is 2.13 bits per heavy atom. The number of halogens is 2. The van der Waals surface area contributed by atoms with E-state index in [1.54, 1.807) is 0 Å². The zero-order valence-corrected chi connectivity index (χ0v) is 12.3. The SMILES string of the molecule is CC1=CC(c2ccccc2)[C-]=C1.[Cl-].[Cl-].[Zr+3]. The van der Waals surface area contributed by atoms with Gasteiger partial charge in [-0.25, -0.2) is 11.6 Å². The molecule has 2 rings (SSSR count). The molecule has 0 nitrogen and oxygen atoms in total. The zero-order valence-electron chi connectivity index (χ0n) is 8.37. The van der Waals surface area contributed by atoms with Crippen molar-refractivity contribution in [1.29, 1.82) is 0 Å². The average Bonchev–Trinajstić information content (AvgIpc) is 2.54. The summed E-state index contributed by atoms with van der Waals surface area (Å²) in [6.07, 6.45) is 7.59. The van der Waals surface area contributed by atoms with Crippen molar-refractivity contribution in [3.8, 4) is 0 Å². The maximum atomic E-state index is 3.31. The van der Waals surface area contributed by atoms with Crippen molar-refractivity contribution in [3.05, 3.63) is 59.7 Å². The molecule has 1 unspecified atom stereocenters. The summed E-state index contributed by atoms with van der Waals surface area (Å²) in [6, 6.07) is 10.5. The van der Waals surface area contributed by atoms with Crippen molar-refractivity contribution in [3.63, 3.8) is 0 Å². The Bertz CT molecular complexity index is 331. The van der Waals surface area contributed by atoms with E-state index < -0.39 is 0 Å². The van der Waals surface area contributed by atoms with E-state index in [1.807, 2.05) is 6.07 Å². The molecule has 0 spiro atoms. The third-order valence-electron chi connectivity index (χ3n) is 2.08. The molecular weight excluding hydrogens is 306 g/mol. The fourth-order valence-corrected chi connectivity index (χ4v) is 1.43. The molecule has 0 saturated heterocycles. The fraction of sp³-hybridized carbons (Fsp3) is 0.167. The summed E-state index contributed by atoms with van der Waals surface area (Å²) < 4.78 is 0. The smallest absolute Gasteiger partial charge is 1.00 e. The van der Waals surface area contributed by atoms with Gasteiger partial charge in [-0.3, -0.25) is 6.08 Å². The molecule has 0 bridgehead atoms. The Labute approximate surface area is 123 Å². The van der Waals surface area contributed by atoms with E-state index in [-0.39, 0.29) is 51.0 Å². The van der Waals surface area contributed by atoms with Gasteiger partial charge in [0.25, 0.3) is 0 Å². The van der Waals surface area contributed by atoms with E-state index in [4.69, 9.17) is 0 Å². The number of hydrogen-bond donors (Lipinski definition) is 0. The number of allylic oxidation sites excluding steroid dienone is 4. The van der Waals surface area contributed by atoms with Crippen molar-refractivity contribution in [1.82, 2.24) is 0 Å². The topological polar surface area (TPSA) is 0 Å². The number of benzene rings is 1. The van der Waals surface area contributed by atoms with Crippen LogP contribution in [0.5, 0.6) is 0 Å². The van der Waals surface area contributed by atoms with E-state index in [2.05, 4.69) is 49.4 Å². The normalized spacial score (nSPS) is 16.9. The summed E-state index contributed by atoms with van der Waals surface area (Å²) in [7, 11) is 0. The number of rotatable bonds is 1. The first-order valence-corrected chi connectivity index (χ1v) is 4.19. The molecule has 0 saturated carbocycles. The molecule has 1 aromatic rings. The molecule has 3 heteroatoms. The van der Waals surface area contributed by atoms with Crippen molar-refractivity contribution >= 4 is 0 Å². The van der Waals surface area contributed by atoms with Gasteiger partial charge >= 0.3 is 26.2 Å². The van der Waals surface area contributed by atoms with Crippen LogP contribution in [-0.2, 0) is 26.2 Å². The summed E-state index contributed by atoms with van der Waals surface area (Å²) in [5.41, 5.74) is 2.63. The molecule has 0 heterocycles. The molecule has 0 aromatic heterocycles. The predicted octanol–water partition coefficient (Wildman–Crippen LogP) is -2.91. The Balaban J connectivity index is 0. The van der Waals surface area contributed by atoms with E-state index in [1.165, 1.54) is 11.1 Å². The van der Waals surface area contributed by atoms with Gasteiger partial charge in [-0.05, 0) is 0 Å². The monoisotopic (exact) mass is 315 g/mol. The van der Waals surface area contributed by atoms with Crippen LogP contribution in [0.1, 0.15) is 18.4 Å². The van der Waals surface area contributed by atoms with Crippen LogP contribution in [0.25, 0.3) is 0 Å². The summed E-state index contributed by atoms with van der Waals surface area (Å²) in [6.45, 7) is 2.11. The van der Waals surface area contributed by atoms with Gasteiger partial charge in [0.2, 0.25) is 0 Å². The molecule has 0 N–H and O–H groups in total. The minimum Gasteiger partial charge on any atom is -1.00 e. The first-order valence-electron chi connectivity index (χ1n) is 4.19. The van der Waals surface area contributed by atoms with Crippen LogP contribution in [0.2, 0.25) is 0 Å². The summed E-state index contributed by atoms with van der Waals surface area (Å²) in [4.78, 5) is 0. The molecule has 1 aliphatic rings.